The molecule has 0 radical (unpaired) electrons. The van der Waals surface area contributed by atoms with E-state index in [0.717, 1.165) is 23.5 Å². The Hall–Kier alpha value is -7.16. The zero-order valence-electron chi connectivity index (χ0n) is 31.0. The van der Waals surface area contributed by atoms with E-state index in [9.17, 15) is 0 Å². The highest BCUT2D eigenvalue weighted by atomic mass is 15.2. The van der Waals surface area contributed by atoms with Crippen LogP contribution in [0.4, 0.5) is 28.4 Å². The third-order valence-corrected chi connectivity index (χ3v) is 11.2. The molecule has 10 rings (SSSR count). The van der Waals surface area contributed by atoms with Gasteiger partial charge in [-0.1, -0.05) is 176 Å². The van der Waals surface area contributed by atoms with Crippen LogP contribution in [0.25, 0.3) is 44.5 Å². The van der Waals surface area contributed by atoms with Gasteiger partial charge in [0.15, 0.2) is 0 Å². The first-order valence-corrected chi connectivity index (χ1v) is 19.5. The van der Waals surface area contributed by atoms with Gasteiger partial charge in [-0.25, -0.2) is 0 Å². The second-order valence-corrected chi connectivity index (χ2v) is 14.4. The number of allylic oxidation sites excluding steroid dienone is 4. The molecule has 8 aromatic rings. The highest BCUT2D eigenvalue weighted by Gasteiger charge is 2.36. The summed E-state index contributed by atoms with van der Waals surface area (Å²) in [7, 11) is 0. The molecule has 1 atom stereocenters. The normalized spacial score (nSPS) is 14.2. The Labute approximate surface area is 329 Å². The molecule has 1 unspecified atom stereocenters. The van der Waals surface area contributed by atoms with E-state index in [1.165, 1.54) is 67.1 Å². The predicted molar refractivity (Wildman–Crippen MR) is 236 cm³/mol. The van der Waals surface area contributed by atoms with Crippen LogP contribution in [0.3, 0.4) is 0 Å². The Bertz CT molecular complexity index is 2690. The summed E-state index contributed by atoms with van der Waals surface area (Å²) in [6.07, 6.45) is 7.84. The van der Waals surface area contributed by atoms with E-state index < -0.39 is 0 Å². The van der Waals surface area contributed by atoms with Crippen LogP contribution in [-0.4, -0.2) is 0 Å². The molecule has 1 aliphatic heterocycles. The first-order chi connectivity index (χ1) is 27.8. The minimum absolute atomic E-state index is 0.294. The summed E-state index contributed by atoms with van der Waals surface area (Å²) in [6, 6.07) is 74.6. The summed E-state index contributed by atoms with van der Waals surface area (Å²) in [5, 5.41) is 0. The van der Waals surface area contributed by atoms with E-state index in [1.807, 2.05) is 0 Å². The highest BCUT2D eigenvalue weighted by molar-refractivity contribution is 5.97. The molecule has 1 heterocycles. The largest absolute Gasteiger partial charge is 0.313 e. The first kappa shape index (κ1) is 33.4. The van der Waals surface area contributed by atoms with Crippen LogP contribution in [-0.2, 0) is 0 Å². The number of rotatable bonds is 8. The smallest absolute Gasteiger partial charge is 0.0540 e. The quantitative estimate of drug-likeness (QED) is 0.154. The topological polar surface area (TPSA) is 6.48 Å². The van der Waals surface area contributed by atoms with Crippen LogP contribution in [0.2, 0.25) is 0 Å². The maximum absolute atomic E-state index is 2.53. The van der Waals surface area contributed by atoms with Crippen LogP contribution in [0, 0.1) is 0 Å². The Morgan fingerprint density at radius 3 is 1.61 bits per heavy atom. The lowest BCUT2D eigenvalue weighted by atomic mass is 9.89. The standard InChI is InChI=1S/C54H40N2/c1-4-20-39(21-5-1)43-26-10-12-28-45(43)48-31-15-18-34-52(48)56-53-35-19-16-32-49(53)50-37-36-40(38-54(50)56)44-27-11-13-29-46(44)47-30-14-17-33-51(47)55(41-22-6-2-7-23-41)42-24-8-3-9-25-42/h1-31,33-38,49H,32H2. The highest BCUT2D eigenvalue weighted by Crippen LogP contribution is 2.54. The van der Waals surface area contributed by atoms with E-state index >= 15 is 0 Å². The molecule has 8 aromatic carbocycles. The number of para-hydroxylation sites is 4. The lowest BCUT2D eigenvalue weighted by molar-refractivity contribution is 0.820. The molecule has 2 heteroatoms. The van der Waals surface area contributed by atoms with Gasteiger partial charge in [-0.05, 0) is 93.9 Å². The van der Waals surface area contributed by atoms with Crippen molar-refractivity contribution < 1.29 is 0 Å². The van der Waals surface area contributed by atoms with Gasteiger partial charge in [-0.2, -0.15) is 0 Å². The Kier molecular flexibility index (Phi) is 8.70. The van der Waals surface area contributed by atoms with Gasteiger partial charge in [0.2, 0.25) is 0 Å². The van der Waals surface area contributed by atoms with Crippen LogP contribution < -0.4 is 9.80 Å². The van der Waals surface area contributed by atoms with Crippen molar-refractivity contribution in [2.24, 2.45) is 0 Å². The maximum Gasteiger partial charge on any atom is 0.0540 e. The third kappa shape index (κ3) is 5.93. The molecule has 2 aliphatic rings. The fourth-order valence-corrected chi connectivity index (χ4v) is 8.67. The van der Waals surface area contributed by atoms with Crippen LogP contribution >= 0.6 is 0 Å². The van der Waals surface area contributed by atoms with Gasteiger partial charge in [-0.15, -0.1) is 0 Å². The van der Waals surface area contributed by atoms with Gasteiger partial charge in [0, 0.05) is 34.1 Å². The number of fused-ring (bicyclic) bond motifs is 3. The Morgan fingerprint density at radius 1 is 0.411 bits per heavy atom. The molecule has 1 aliphatic carbocycles. The molecule has 2 nitrogen and oxygen atoms in total. The van der Waals surface area contributed by atoms with Crippen molar-refractivity contribution >= 4 is 28.4 Å². The third-order valence-electron chi connectivity index (χ3n) is 11.2. The van der Waals surface area contributed by atoms with Crippen molar-refractivity contribution in [3.05, 3.63) is 236 Å². The van der Waals surface area contributed by atoms with Gasteiger partial charge in [0.25, 0.3) is 0 Å². The Balaban J connectivity index is 1.13. The molecule has 0 aromatic heterocycles. The van der Waals surface area contributed by atoms with Crippen molar-refractivity contribution in [1.82, 2.24) is 0 Å². The molecular weight excluding hydrogens is 677 g/mol. The van der Waals surface area contributed by atoms with Gasteiger partial charge in [-0.3, -0.25) is 0 Å². The number of anilines is 5. The first-order valence-electron chi connectivity index (χ1n) is 19.5. The Morgan fingerprint density at radius 2 is 0.929 bits per heavy atom. The second-order valence-electron chi connectivity index (χ2n) is 14.4. The summed E-state index contributed by atoms with van der Waals surface area (Å²) >= 11 is 0. The summed E-state index contributed by atoms with van der Waals surface area (Å²) in [5.41, 5.74) is 18.2. The molecule has 0 fully saturated rings. The van der Waals surface area contributed by atoms with Gasteiger partial charge >= 0.3 is 0 Å². The molecule has 266 valence electrons. The summed E-state index contributed by atoms with van der Waals surface area (Å²) < 4.78 is 0. The molecule has 0 N–H and O–H groups in total. The zero-order chi connectivity index (χ0) is 37.3. The van der Waals surface area contributed by atoms with Crippen molar-refractivity contribution in [2.45, 2.75) is 12.3 Å². The molecule has 0 spiro atoms. The van der Waals surface area contributed by atoms with Gasteiger partial charge in [0.1, 0.15) is 0 Å². The number of hydrogen-bond donors (Lipinski definition) is 0. The molecule has 0 saturated carbocycles. The van der Waals surface area contributed by atoms with Crippen LogP contribution in [0.5, 0.6) is 0 Å². The molecule has 0 bridgehead atoms. The van der Waals surface area contributed by atoms with Crippen molar-refractivity contribution in [3.63, 3.8) is 0 Å². The number of benzene rings is 8. The monoisotopic (exact) mass is 716 g/mol. The number of nitrogens with zero attached hydrogens (tertiary/aromatic N) is 2. The number of hydrogen-bond acceptors (Lipinski definition) is 2. The summed E-state index contributed by atoms with van der Waals surface area (Å²) in [6.45, 7) is 0. The van der Waals surface area contributed by atoms with Crippen LogP contribution in [0.1, 0.15) is 17.9 Å². The van der Waals surface area contributed by atoms with Gasteiger partial charge in [0.05, 0.1) is 17.1 Å². The van der Waals surface area contributed by atoms with Crippen molar-refractivity contribution in [2.75, 3.05) is 9.80 Å². The zero-order valence-corrected chi connectivity index (χ0v) is 31.0. The maximum atomic E-state index is 2.53. The predicted octanol–water partition coefficient (Wildman–Crippen LogP) is 14.9. The van der Waals surface area contributed by atoms with E-state index in [-0.39, 0.29) is 0 Å². The SMILES string of the molecule is C1=CCC2C(=C1)N(c1ccccc1-c1ccccc1-c1ccccc1)c1cc(-c3ccccc3-c3ccccc3N(c3ccccc3)c3ccccc3)ccc12. The van der Waals surface area contributed by atoms with E-state index in [2.05, 4.69) is 234 Å². The second kappa shape index (κ2) is 14.6. The lowest BCUT2D eigenvalue weighted by Crippen LogP contribution is -2.15. The van der Waals surface area contributed by atoms with Crippen molar-refractivity contribution in [3.8, 4) is 44.5 Å². The summed E-state index contributed by atoms with van der Waals surface area (Å²) in [4.78, 5) is 4.90. The fraction of sp³-hybridized carbons (Fsp3) is 0.0370. The lowest BCUT2D eigenvalue weighted by Gasteiger charge is -2.28. The molecule has 0 saturated heterocycles. The molecular formula is C54H40N2. The minimum Gasteiger partial charge on any atom is -0.313 e. The summed E-state index contributed by atoms with van der Waals surface area (Å²) in [5.74, 6) is 0.294. The average Bonchev–Trinajstić information content (AvgIpc) is 3.61. The molecule has 0 amide bonds. The fourth-order valence-electron chi connectivity index (χ4n) is 8.67. The van der Waals surface area contributed by atoms with E-state index in [1.54, 1.807) is 0 Å². The van der Waals surface area contributed by atoms with Crippen molar-refractivity contribution in [1.29, 1.82) is 0 Å². The van der Waals surface area contributed by atoms with E-state index in [0.29, 0.717) is 5.92 Å². The molecule has 56 heavy (non-hydrogen) atoms. The average molecular weight is 717 g/mol. The van der Waals surface area contributed by atoms with E-state index in [4.69, 9.17) is 0 Å². The van der Waals surface area contributed by atoms with Gasteiger partial charge < -0.3 is 9.80 Å². The minimum atomic E-state index is 0.294. The van der Waals surface area contributed by atoms with Crippen LogP contribution in [0.15, 0.2) is 230 Å².